The Labute approximate surface area is 168 Å². The number of anilines is 1. The standard InChI is InChI=1S/C25H29N3/c26-24-14-8-7-13-23(24)25(21-11-5-2-6-12-21)27-22-15-17-28(18-16-22)19-20-9-3-1-4-10-20/h1-14,22,25,27H,15-19,26H2. The Morgan fingerprint density at radius 2 is 1.43 bits per heavy atom. The average Bonchev–Trinajstić information content (AvgIpc) is 2.75. The molecule has 4 rings (SSSR count). The third-order valence-corrected chi connectivity index (χ3v) is 5.68. The summed E-state index contributed by atoms with van der Waals surface area (Å²) < 4.78 is 0. The van der Waals surface area contributed by atoms with Crippen molar-refractivity contribution >= 4 is 5.69 Å². The first-order valence-corrected chi connectivity index (χ1v) is 10.2. The first kappa shape index (κ1) is 18.7. The van der Waals surface area contributed by atoms with Crippen molar-refractivity contribution in [1.29, 1.82) is 0 Å². The number of hydrogen-bond acceptors (Lipinski definition) is 3. The molecule has 1 atom stereocenters. The molecule has 1 fully saturated rings. The Bertz CT molecular complexity index is 855. The Hall–Kier alpha value is -2.62. The maximum Gasteiger partial charge on any atom is 0.0599 e. The molecule has 144 valence electrons. The maximum absolute atomic E-state index is 6.32. The zero-order valence-electron chi connectivity index (χ0n) is 16.3. The fraction of sp³-hybridized carbons (Fsp3) is 0.280. The third-order valence-electron chi connectivity index (χ3n) is 5.68. The van der Waals surface area contributed by atoms with Crippen LogP contribution in [0.4, 0.5) is 5.69 Å². The number of nitrogens with one attached hydrogen (secondary N) is 1. The van der Waals surface area contributed by atoms with Crippen molar-refractivity contribution in [3.8, 4) is 0 Å². The van der Waals surface area contributed by atoms with Gasteiger partial charge in [-0.2, -0.15) is 0 Å². The summed E-state index contributed by atoms with van der Waals surface area (Å²) in [6.07, 6.45) is 2.31. The van der Waals surface area contributed by atoms with Crippen LogP contribution in [0.1, 0.15) is 35.6 Å². The molecule has 0 radical (unpaired) electrons. The number of para-hydroxylation sites is 1. The van der Waals surface area contributed by atoms with Crippen molar-refractivity contribution in [1.82, 2.24) is 10.2 Å². The van der Waals surface area contributed by atoms with Gasteiger partial charge < -0.3 is 11.1 Å². The zero-order chi connectivity index (χ0) is 19.2. The molecule has 3 heteroatoms. The molecule has 1 unspecified atom stereocenters. The lowest BCUT2D eigenvalue weighted by atomic mass is 9.94. The van der Waals surface area contributed by atoms with E-state index in [1.807, 2.05) is 12.1 Å². The molecule has 3 aromatic carbocycles. The predicted molar refractivity (Wildman–Crippen MR) is 117 cm³/mol. The molecule has 0 aliphatic carbocycles. The number of nitrogens with two attached hydrogens (primary N) is 1. The van der Waals surface area contributed by atoms with Crippen molar-refractivity contribution in [2.75, 3.05) is 18.8 Å². The van der Waals surface area contributed by atoms with Crippen LogP contribution >= 0.6 is 0 Å². The summed E-state index contributed by atoms with van der Waals surface area (Å²) in [4.78, 5) is 2.56. The molecular weight excluding hydrogens is 342 g/mol. The average molecular weight is 372 g/mol. The molecule has 1 aliphatic rings. The van der Waals surface area contributed by atoms with Crippen LogP contribution in [0.25, 0.3) is 0 Å². The van der Waals surface area contributed by atoms with E-state index in [-0.39, 0.29) is 6.04 Å². The van der Waals surface area contributed by atoms with Gasteiger partial charge in [-0.3, -0.25) is 4.90 Å². The number of benzene rings is 3. The Balaban J connectivity index is 1.43. The number of hydrogen-bond donors (Lipinski definition) is 2. The van der Waals surface area contributed by atoms with Crippen LogP contribution in [-0.2, 0) is 6.54 Å². The van der Waals surface area contributed by atoms with Gasteiger partial charge in [-0.25, -0.2) is 0 Å². The van der Waals surface area contributed by atoms with Gasteiger partial charge in [0.1, 0.15) is 0 Å². The zero-order valence-corrected chi connectivity index (χ0v) is 16.3. The number of rotatable bonds is 6. The van der Waals surface area contributed by atoms with E-state index >= 15 is 0 Å². The van der Waals surface area contributed by atoms with E-state index < -0.39 is 0 Å². The van der Waals surface area contributed by atoms with Crippen molar-refractivity contribution in [2.45, 2.75) is 31.5 Å². The van der Waals surface area contributed by atoms with Gasteiger partial charge in [-0.05, 0) is 48.7 Å². The van der Waals surface area contributed by atoms with E-state index in [1.54, 1.807) is 0 Å². The summed E-state index contributed by atoms with van der Waals surface area (Å²) >= 11 is 0. The van der Waals surface area contributed by atoms with Gasteiger partial charge in [0.2, 0.25) is 0 Å². The largest absolute Gasteiger partial charge is 0.398 e. The van der Waals surface area contributed by atoms with Gasteiger partial charge in [-0.1, -0.05) is 78.9 Å². The van der Waals surface area contributed by atoms with Crippen molar-refractivity contribution in [3.05, 3.63) is 102 Å². The number of likely N-dealkylation sites (tertiary alicyclic amines) is 1. The summed E-state index contributed by atoms with van der Waals surface area (Å²) in [5, 5.41) is 3.91. The molecule has 1 aliphatic heterocycles. The minimum Gasteiger partial charge on any atom is -0.398 e. The van der Waals surface area contributed by atoms with Crippen molar-refractivity contribution in [3.63, 3.8) is 0 Å². The first-order valence-electron chi connectivity index (χ1n) is 10.2. The number of nitrogen functional groups attached to an aromatic ring is 1. The second-order valence-electron chi connectivity index (χ2n) is 7.68. The van der Waals surface area contributed by atoms with E-state index in [9.17, 15) is 0 Å². The van der Waals surface area contributed by atoms with Crippen LogP contribution in [0.2, 0.25) is 0 Å². The highest BCUT2D eigenvalue weighted by Gasteiger charge is 2.24. The Morgan fingerprint density at radius 3 is 2.11 bits per heavy atom. The lowest BCUT2D eigenvalue weighted by molar-refractivity contribution is 0.187. The smallest absolute Gasteiger partial charge is 0.0599 e. The normalized spacial score (nSPS) is 16.7. The van der Waals surface area contributed by atoms with Crippen molar-refractivity contribution < 1.29 is 0 Å². The van der Waals surface area contributed by atoms with E-state index in [0.717, 1.165) is 38.2 Å². The third kappa shape index (κ3) is 4.61. The van der Waals surface area contributed by atoms with Crippen LogP contribution in [0.5, 0.6) is 0 Å². The second kappa shape index (κ2) is 9.05. The fourth-order valence-electron chi connectivity index (χ4n) is 4.12. The van der Waals surface area contributed by atoms with E-state index in [0.29, 0.717) is 6.04 Å². The predicted octanol–water partition coefficient (Wildman–Crippen LogP) is 4.61. The highest BCUT2D eigenvalue weighted by atomic mass is 15.1. The van der Waals surface area contributed by atoms with Gasteiger partial charge in [0, 0.05) is 18.3 Å². The van der Waals surface area contributed by atoms with Crippen LogP contribution in [-0.4, -0.2) is 24.0 Å². The SMILES string of the molecule is Nc1ccccc1C(NC1CCN(Cc2ccccc2)CC1)c1ccccc1. The quantitative estimate of drug-likeness (QED) is 0.622. The summed E-state index contributed by atoms with van der Waals surface area (Å²) in [6.45, 7) is 3.29. The molecule has 0 saturated carbocycles. The summed E-state index contributed by atoms with van der Waals surface area (Å²) in [6, 6.07) is 30.3. The topological polar surface area (TPSA) is 41.3 Å². The molecule has 0 amide bonds. The highest BCUT2D eigenvalue weighted by molar-refractivity contribution is 5.51. The monoisotopic (exact) mass is 371 g/mol. The molecular formula is C25H29N3. The molecule has 0 bridgehead atoms. The van der Waals surface area contributed by atoms with E-state index in [4.69, 9.17) is 5.73 Å². The summed E-state index contributed by atoms with van der Waals surface area (Å²) in [5.74, 6) is 0. The van der Waals surface area contributed by atoms with Crippen molar-refractivity contribution in [2.24, 2.45) is 0 Å². The second-order valence-corrected chi connectivity index (χ2v) is 7.68. The minimum atomic E-state index is 0.132. The Morgan fingerprint density at radius 1 is 0.821 bits per heavy atom. The lowest BCUT2D eigenvalue weighted by Gasteiger charge is -2.35. The number of piperidine rings is 1. The van der Waals surface area contributed by atoms with Gasteiger partial charge in [0.15, 0.2) is 0 Å². The molecule has 3 nitrogen and oxygen atoms in total. The van der Waals surface area contributed by atoms with Crippen LogP contribution in [0.3, 0.4) is 0 Å². The maximum atomic E-state index is 6.32. The molecule has 3 aromatic rings. The van der Waals surface area contributed by atoms with Crippen LogP contribution in [0.15, 0.2) is 84.9 Å². The number of nitrogens with zero attached hydrogens (tertiary/aromatic N) is 1. The molecule has 28 heavy (non-hydrogen) atoms. The molecule has 3 N–H and O–H groups in total. The molecule has 1 saturated heterocycles. The fourth-order valence-corrected chi connectivity index (χ4v) is 4.12. The van der Waals surface area contributed by atoms with Gasteiger partial charge in [0.25, 0.3) is 0 Å². The van der Waals surface area contributed by atoms with E-state index in [1.165, 1.54) is 16.7 Å². The first-order chi connectivity index (χ1) is 13.8. The molecule has 0 spiro atoms. The van der Waals surface area contributed by atoms with Gasteiger partial charge in [-0.15, -0.1) is 0 Å². The van der Waals surface area contributed by atoms with Gasteiger partial charge in [0.05, 0.1) is 6.04 Å². The molecule has 1 heterocycles. The summed E-state index contributed by atoms with van der Waals surface area (Å²) in [5.41, 5.74) is 11.0. The van der Waals surface area contributed by atoms with Gasteiger partial charge >= 0.3 is 0 Å². The van der Waals surface area contributed by atoms with Crippen LogP contribution in [0, 0.1) is 0 Å². The highest BCUT2D eigenvalue weighted by Crippen LogP contribution is 2.28. The minimum absolute atomic E-state index is 0.132. The van der Waals surface area contributed by atoms with Crippen LogP contribution < -0.4 is 11.1 Å². The molecule has 0 aromatic heterocycles. The Kier molecular flexibility index (Phi) is 6.05. The lowest BCUT2D eigenvalue weighted by Crippen LogP contribution is -2.43. The summed E-state index contributed by atoms with van der Waals surface area (Å²) in [7, 11) is 0. The van der Waals surface area contributed by atoms with E-state index in [2.05, 4.69) is 83.0 Å².